The van der Waals surface area contributed by atoms with Crippen molar-refractivity contribution in [1.82, 2.24) is 4.90 Å². The van der Waals surface area contributed by atoms with Crippen LogP contribution in [0.15, 0.2) is 12.1 Å². The van der Waals surface area contributed by atoms with Gasteiger partial charge in [0.2, 0.25) is 5.91 Å². The van der Waals surface area contributed by atoms with Crippen LogP contribution in [0, 0.1) is 5.92 Å². The van der Waals surface area contributed by atoms with E-state index in [9.17, 15) is 14.7 Å². The molecule has 0 bridgehead atoms. The number of aliphatic hydroxyl groups is 1. The van der Waals surface area contributed by atoms with Crippen LogP contribution in [0.25, 0.3) is 0 Å². The Bertz CT molecular complexity index is 746. The number of aliphatic hydroxyl groups excluding tert-OH is 1. The Hall–Kier alpha value is -2.08. The first-order valence-electron chi connectivity index (χ1n) is 8.75. The molecule has 1 aromatic rings. The number of fused-ring (bicyclic) bond motifs is 1. The fourth-order valence-corrected chi connectivity index (χ4v) is 5.17. The van der Waals surface area contributed by atoms with E-state index in [1.54, 1.807) is 14.2 Å². The molecule has 2 heterocycles. The summed E-state index contributed by atoms with van der Waals surface area (Å²) in [6.45, 7) is -0.0814. The molecule has 25 heavy (non-hydrogen) atoms. The number of benzene rings is 1. The van der Waals surface area contributed by atoms with Gasteiger partial charge in [-0.1, -0.05) is 0 Å². The number of ether oxygens (including phenoxy) is 2. The number of carbonyl (C=O) groups excluding carboxylic acids is 2. The fourth-order valence-electron chi connectivity index (χ4n) is 5.17. The predicted molar refractivity (Wildman–Crippen MR) is 89.6 cm³/mol. The van der Waals surface area contributed by atoms with Crippen LogP contribution in [0.1, 0.15) is 36.8 Å². The summed E-state index contributed by atoms with van der Waals surface area (Å²) >= 11 is 0. The second-order valence-electron chi connectivity index (χ2n) is 7.24. The monoisotopic (exact) mass is 345 g/mol. The lowest BCUT2D eigenvalue weighted by molar-refractivity contribution is -0.140. The molecule has 3 atom stereocenters. The van der Waals surface area contributed by atoms with Crippen LogP contribution < -0.4 is 9.47 Å². The van der Waals surface area contributed by atoms with Crippen LogP contribution >= 0.6 is 0 Å². The quantitative estimate of drug-likeness (QED) is 0.897. The summed E-state index contributed by atoms with van der Waals surface area (Å²) in [5.41, 5.74) is 1.62. The van der Waals surface area contributed by atoms with Crippen LogP contribution in [0.4, 0.5) is 0 Å². The second kappa shape index (κ2) is 5.73. The Balaban J connectivity index is 1.94. The van der Waals surface area contributed by atoms with E-state index in [-0.39, 0.29) is 30.3 Å². The minimum atomic E-state index is -0.508. The molecule has 4 rings (SSSR count). The highest BCUT2D eigenvalue weighted by molar-refractivity contribution is 5.87. The number of hydrogen-bond acceptors (Lipinski definition) is 5. The predicted octanol–water partition coefficient (Wildman–Crippen LogP) is 1.42. The van der Waals surface area contributed by atoms with Crippen molar-refractivity contribution in [2.45, 2.75) is 43.7 Å². The van der Waals surface area contributed by atoms with Gasteiger partial charge in [-0.05, 0) is 36.1 Å². The van der Waals surface area contributed by atoms with Crippen LogP contribution in [0.3, 0.4) is 0 Å². The molecule has 0 radical (unpaired) electrons. The molecular weight excluding hydrogens is 322 g/mol. The van der Waals surface area contributed by atoms with E-state index in [1.165, 1.54) is 0 Å². The van der Waals surface area contributed by atoms with Crippen LogP contribution in [-0.4, -0.2) is 48.6 Å². The number of rotatable bonds is 3. The Morgan fingerprint density at radius 2 is 1.88 bits per heavy atom. The number of hydrogen-bond donors (Lipinski definition) is 1. The normalized spacial score (nSPS) is 30.6. The maximum absolute atomic E-state index is 12.8. The van der Waals surface area contributed by atoms with E-state index in [4.69, 9.17) is 9.47 Å². The van der Waals surface area contributed by atoms with Crippen molar-refractivity contribution >= 4 is 11.7 Å². The molecule has 1 saturated heterocycles. The van der Waals surface area contributed by atoms with Crippen molar-refractivity contribution in [3.05, 3.63) is 23.3 Å². The van der Waals surface area contributed by atoms with Gasteiger partial charge in [0.15, 0.2) is 11.5 Å². The Morgan fingerprint density at radius 1 is 1.16 bits per heavy atom. The zero-order valence-corrected chi connectivity index (χ0v) is 14.6. The summed E-state index contributed by atoms with van der Waals surface area (Å²) in [5.74, 6) is 1.51. The van der Waals surface area contributed by atoms with E-state index in [0.29, 0.717) is 43.6 Å². The summed E-state index contributed by atoms with van der Waals surface area (Å²) in [5, 5.41) is 9.93. The van der Waals surface area contributed by atoms with Crippen molar-refractivity contribution in [3.63, 3.8) is 0 Å². The van der Waals surface area contributed by atoms with E-state index in [1.807, 2.05) is 17.0 Å². The summed E-state index contributed by atoms with van der Waals surface area (Å²) in [6.07, 6.45) is 2.46. The second-order valence-corrected chi connectivity index (χ2v) is 7.24. The molecule has 1 aromatic carbocycles. The van der Waals surface area contributed by atoms with E-state index in [2.05, 4.69) is 0 Å². The molecule has 1 aliphatic carbocycles. The van der Waals surface area contributed by atoms with Gasteiger partial charge in [-0.2, -0.15) is 0 Å². The van der Waals surface area contributed by atoms with Crippen LogP contribution in [0.2, 0.25) is 0 Å². The molecule has 2 aliphatic heterocycles. The van der Waals surface area contributed by atoms with E-state index < -0.39 is 5.54 Å². The summed E-state index contributed by atoms with van der Waals surface area (Å²) < 4.78 is 10.9. The Labute approximate surface area is 146 Å². The molecule has 0 aromatic heterocycles. The third kappa shape index (κ3) is 2.13. The highest BCUT2D eigenvalue weighted by atomic mass is 16.5. The number of methoxy groups -OCH3 is 2. The van der Waals surface area contributed by atoms with Crippen LogP contribution in [-0.2, 0) is 21.5 Å². The molecule has 1 amide bonds. The minimum absolute atomic E-state index is 0.0348. The minimum Gasteiger partial charge on any atom is -0.493 e. The standard InChI is InChI=1S/C19H23NO5/c1-24-16-6-11-5-13(10-21)20-18(23)8-12-7-14(22)3-4-19(12,20)15(11)9-17(16)25-2/h6,9,12-13,21H,3-5,7-8,10H2,1-2H3/t12-,13-,19-/m0/s1. The lowest BCUT2D eigenvalue weighted by atomic mass is 9.65. The molecule has 1 N–H and O–H groups in total. The zero-order chi connectivity index (χ0) is 17.8. The highest BCUT2D eigenvalue weighted by Gasteiger charge is 2.60. The van der Waals surface area contributed by atoms with Crippen molar-refractivity contribution in [2.75, 3.05) is 20.8 Å². The number of carbonyl (C=O) groups is 2. The van der Waals surface area contributed by atoms with Crippen LogP contribution in [0.5, 0.6) is 11.5 Å². The number of ketones is 1. The third-order valence-corrected chi connectivity index (χ3v) is 6.16. The average molecular weight is 345 g/mol. The maximum Gasteiger partial charge on any atom is 0.224 e. The van der Waals surface area contributed by atoms with Gasteiger partial charge in [-0.25, -0.2) is 0 Å². The molecule has 1 spiro atoms. The first-order chi connectivity index (χ1) is 12.0. The molecule has 3 aliphatic rings. The molecule has 1 saturated carbocycles. The summed E-state index contributed by atoms with van der Waals surface area (Å²) in [6, 6.07) is 3.67. The van der Waals surface area contributed by atoms with Gasteiger partial charge in [-0.3, -0.25) is 9.59 Å². The first-order valence-corrected chi connectivity index (χ1v) is 8.75. The third-order valence-electron chi connectivity index (χ3n) is 6.16. The topological polar surface area (TPSA) is 76.1 Å². The molecule has 6 nitrogen and oxygen atoms in total. The van der Waals surface area contributed by atoms with Gasteiger partial charge in [0, 0.05) is 25.2 Å². The largest absolute Gasteiger partial charge is 0.493 e. The smallest absolute Gasteiger partial charge is 0.224 e. The fraction of sp³-hybridized carbons (Fsp3) is 0.579. The average Bonchev–Trinajstić information content (AvgIpc) is 2.92. The van der Waals surface area contributed by atoms with Crippen molar-refractivity contribution in [2.24, 2.45) is 5.92 Å². The number of Topliss-reactive ketones (excluding diaryl/α,β-unsaturated/α-hetero) is 1. The molecule has 2 fully saturated rings. The van der Waals surface area contributed by atoms with Gasteiger partial charge in [0.05, 0.1) is 32.4 Å². The van der Waals surface area contributed by atoms with Crippen molar-refractivity contribution < 1.29 is 24.2 Å². The Morgan fingerprint density at radius 3 is 2.56 bits per heavy atom. The summed E-state index contributed by atoms with van der Waals surface area (Å²) in [4.78, 5) is 26.7. The lowest BCUT2D eigenvalue weighted by Gasteiger charge is -2.52. The van der Waals surface area contributed by atoms with Gasteiger partial charge >= 0.3 is 0 Å². The van der Waals surface area contributed by atoms with Crippen molar-refractivity contribution in [3.8, 4) is 11.5 Å². The maximum atomic E-state index is 12.8. The van der Waals surface area contributed by atoms with Gasteiger partial charge < -0.3 is 19.5 Å². The lowest BCUT2D eigenvalue weighted by Crippen LogP contribution is -2.58. The molecule has 134 valence electrons. The number of amides is 1. The number of nitrogens with zero attached hydrogens (tertiary/aromatic N) is 1. The van der Waals surface area contributed by atoms with Gasteiger partial charge in [0.1, 0.15) is 5.78 Å². The molecular formula is C19H23NO5. The zero-order valence-electron chi connectivity index (χ0n) is 14.6. The first kappa shape index (κ1) is 16.4. The highest BCUT2D eigenvalue weighted by Crippen LogP contribution is 2.57. The van der Waals surface area contributed by atoms with Gasteiger partial charge in [-0.15, -0.1) is 0 Å². The SMILES string of the molecule is COc1cc2c(cc1OC)[C@]13CCC(=O)C[C@H]1CC(=O)N3[C@H](CO)C2. The van der Waals surface area contributed by atoms with Gasteiger partial charge in [0.25, 0.3) is 0 Å². The molecule has 6 heteroatoms. The molecule has 0 unspecified atom stereocenters. The van der Waals surface area contributed by atoms with E-state index >= 15 is 0 Å². The van der Waals surface area contributed by atoms with Crippen molar-refractivity contribution in [1.29, 1.82) is 0 Å². The summed E-state index contributed by atoms with van der Waals surface area (Å²) in [7, 11) is 3.20. The Kier molecular flexibility index (Phi) is 3.76. The van der Waals surface area contributed by atoms with E-state index in [0.717, 1.165) is 11.1 Å².